The fourth-order valence-electron chi connectivity index (χ4n) is 3.35. The molecule has 0 radical (unpaired) electrons. The van der Waals surface area contributed by atoms with Gasteiger partial charge in [0, 0.05) is 17.6 Å². The number of hydrogen-bond acceptors (Lipinski definition) is 6. The van der Waals surface area contributed by atoms with Crippen molar-refractivity contribution in [2.45, 2.75) is 29.2 Å². The van der Waals surface area contributed by atoms with E-state index in [4.69, 9.17) is 0 Å². The molecule has 3 aromatic carbocycles. The largest absolute Gasteiger partial charge is 0.284 e. The number of sulfone groups is 1. The molecule has 1 heterocycles. The van der Waals surface area contributed by atoms with E-state index in [9.17, 15) is 17.6 Å². The number of nitrogens with zero attached hydrogens (tertiary/aromatic N) is 2. The summed E-state index contributed by atoms with van der Waals surface area (Å²) >= 11 is 2.89. The second-order valence-corrected chi connectivity index (χ2v) is 12.0. The highest BCUT2D eigenvalue weighted by molar-refractivity contribution is 7.99. The Labute approximate surface area is 206 Å². The minimum absolute atomic E-state index is 0.0500. The molecule has 34 heavy (non-hydrogen) atoms. The van der Waals surface area contributed by atoms with E-state index in [2.05, 4.69) is 4.98 Å². The number of amides is 1. The Morgan fingerprint density at radius 1 is 1.06 bits per heavy atom. The van der Waals surface area contributed by atoms with E-state index in [-0.39, 0.29) is 16.6 Å². The number of carbonyl (C=O) groups is 1. The predicted octanol–water partition coefficient (Wildman–Crippen LogP) is 5.94. The van der Waals surface area contributed by atoms with Crippen molar-refractivity contribution in [1.29, 1.82) is 0 Å². The lowest BCUT2D eigenvalue weighted by Gasteiger charge is -2.20. The number of hydrogen-bond donors (Lipinski definition) is 0. The van der Waals surface area contributed by atoms with Crippen molar-refractivity contribution < 1.29 is 17.6 Å². The smallest absolute Gasteiger partial charge is 0.229 e. The molecule has 0 saturated heterocycles. The molecule has 0 aliphatic heterocycles. The van der Waals surface area contributed by atoms with Crippen LogP contribution in [-0.4, -0.2) is 31.3 Å². The van der Waals surface area contributed by atoms with Crippen molar-refractivity contribution in [2.75, 3.05) is 16.9 Å². The maximum atomic E-state index is 13.2. The first kappa shape index (κ1) is 24.4. The van der Waals surface area contributed by atoms with Gasteiger partial charge in [0.05, 0.1) is 21.7 Å². The highest BCUT2D eigenvalue weighted by Crippen LogP contribution is 2.32. The normalized spacial score (nSPS) is 11.6. The molecule has 4 rings (SSSR count). The van der Waals surface area contributed by atoms with Crippen LogP contribution in [-0.2, 0) is 21.2 Å². The highest BCUT2D eigenvalue weighted by atomic mass is 32.2. The number of rotatable bonds is 9. The first-order valence-electron chi connectivity index (χ1n) is 10.6. The minimum atomic E-state index is -3.34. The number of thiazole rings is 1. The van der Waals surface area contributed by atoms with Crippen LogP contribution < -0.4 is 4.90 Å². The molecule has 0 atom stereocenters. The average molecular weight is 515 g/mol. The zero-order valence-electron chi connectivity index (χ0n) is 18.5. The van der Waals surface area contributed by atoms with E-state index in [1.807, 2.05) is 30.3 Å². The number of fused-ring (bicyclic) bond motifs is 1. The van der Waals surface area contributed by atoms with Gasteiger partial charge >= 0.3 is 0 Å². The van der Waals surface area contributed by atoms with E-state index in [0.717, 1.165) is 20.9 Å². The third kappa shape index (κ3) is 6.22. The molecular weight excluding hydrogens is 491 g/mol. The molecule has 4 aromatic rings. The standard InChI is InChI=1S/C25H23FN2O3S3/c1-34(30,31)21-13-14-22-23(16-21)33-25(27-22)28(17-18-6-3-2-4-7-18)24(29)8-5-15-32-20-11-9-19(26)10-12-20/h2-4,6-7,9-14,16H,5,8,15,17H2,1H3. The molecule has 0 N–H and O–H groups in total. The van der Waals surface area contributed by atoms with E-state index in [1.54, 1.807) is 40.9 Å². The van der Waals surface area contributed by atoms with Crippen LogP contribution in [0.15, 0.2) is 82.6 Å². The molecule has 1 aromatic heterocycles. The second kappa shape index (κ2) is 10.7. The summed E-state index contributed by atoms with van der Waals surface area (Å²) in [4.78, 5) is 20.7. The summed E-state index contributed by atoms with van der Waals surface area (Å²) in [6.07, 6.45) is 2.17. The fourth-order valence-corrected chi connectivity index (χ4v) is 5.94. The number of carbonyl (C=O) groups excluding carboxylic acids is 1. The zero-order valence-corrected chi connectivity index (χ0v) is 20.9. The Bertz CT molecular complexity index is 1390. The van der Waals surface area contributed by atoms with E-state index >= 15 is 0 Å². The molecule has 176 valence electrons. The fraction of sp³-hybridized carbons (Fsp3) is 0.200. The first-order chi connectivity index (χ1) is 16.3. The molecule has 0 bridgehead atoms. The predicted molar refractivity (Wildman–Crippen MR) is 137 cm³/mol. The zero-order chi connectivity index (χ0) is 24.1. The average Bonchev–Trinajstić information content (AvgIpc) is 3.24. The van der Waals surface area contributed by atoms with Crippen LogP contribution in [0.25, 0.3) is 10.2 Å². The van der Waals surface area contributed by atoms with Crippen LogP contribution in [0, 0.1) is 5.82 Å². The number of thioether (sulfide) groups is 1. The molecule has 0 spiro atoms. The molecule has 0 aliphatic rings. The number of aromatic nitrogens is 1. The van der Waals surface area contributed by atoms with Crippen molar-refractivity contribution in [2.24, 2.45) is 0 Å². The quantitative estimate of drug-likeness (QED) is 0.204. The van der Waals surface area contributed by atoms with Gasteiger partial charge in [-0.15, -0.1) is 11.8 Å². The van der Waals surface area contributed by atoms with Gasteiger partial charge in [-0.3, -0.25) is 9.69 Å². The van der Waals surface area contributed by atoms with Gasteiger partial charge in [-0.1, -0.05) is 41.7 Å². The summed E-state index contributed by atoms with van der Waals surface area (Å²) in [5, 5.41) is 0.542. The number of anilines is 1. The molecule has 0 fully saturated rings. The van der Waals surface area contributed by atoms with Gasteiger partial charge in [0.1, 0.15) is 5.82 Å². The Morgan fingerprint density at radius 2 is 1.79 bits per heavy atom. The molecule has 0 unspecified atom stereocenters. The summed E-state index contributed by atoms with van der Waals surface area (Å²) in [5.74, 6) is 0.412. The van der Waals surface area contributed by atoms with Gasteiger partial charge in [-0.2, -0.15) is 0 Å². The topological polar surface area (TPSA) is 67.3 Å². The maximum absolute atomic E-state index is 13.2. The van der Waals surface area contributed by atoms with Crippen LogP contribution in [0.2, 0.25) is 0 Å². The lowest BCUT2D eigenvalue weighted by molar-refractivity contribution is -0.118. The third-order valence-electron chi connectivity index (χ3n) is 5.11. The lowest BCUT2D eigenvalue weighted by atomic mass is 10.2. The van der Waals surface area contributed by atoms with Crippen LogP contribution in [0.5, 0.6) is 0 Å². The Balaban J connectivity index is 1.51. The van der Waals surface area contributed by atoms with Crippen molar-refractivity contribution in [3.05, 3.63) is 84.2 Å². The molecule has 9 heteroatoms. The van der Waals surface area contributed by atoms with Crippen LogP contribution in [0.4, 0.5) is 9.52 Å². The van der Waals surface area contributed by atoms with Gasteiger partial charge in [0.2, 0.25) is 5.91 Å². The van der Waals surface area contributed by atoms with E-state index in [0.29, 0.717) is 30.0 Å². The van der Waals surface area contributed by atoms with Crippen molar-refractivity contribution in [3.63, 3.8) is 0 Å². The summed E-state index contributed by atoms with van der Waals surface area (Å²) < 4.78 is 37.7. The maximum Gasteiger partial charge on any atom is 0.229 e. The van der Waals surface area contributed by atoms with Gasteiger partial charge in [0.25, 0.3) is 0 Å². The first-order valence-corrected chi connectivity index (χ1v) is 14.3. The molecule has 1 amide bonds. The lowest BCUT2D eigenvalue weighted by Crippen LogP contribution is -2.30. The summed E-state index contributed by atoms with van der Waals surface area (Å²) in [6.45, 7) is 0.379. The molecule has 0 aliphatic carbocycles. The Hall–Kier alpha value is -2.75. The SMILES string of the molecule is CS(=O)(=O)c1ccc2nc(N(Cc3ccccc3)C(=O)CCCSc3ccc(F)cc3)sc2c1. The van der Waals surface area contributed by atoms with Crippen LogP contribution >= 0.6 is 23.1 Å². The molecule has 5 nitrogen and oxygen atoms in total. The monoisotopic (exact) mass is 514 g/mol. The number of benzene rings is 3. The van der Waals surface area contributed by atoms with Crippen LogP contribution in [0.3, 0.4) is 0 Å². The summed E-state index contributed by atoms with van der Waals surface area (Å²) in [7, 11) is -3.34. The highest BCUT2D eigenvalue weighted by Gasteiger charge is 2.21. The van der Waals surface area contributed by atoms with Crippen molar-refractivity contribution in [3.8, 4) is 0 Å². The summed E-state index contributed by atoms with van der Waals surface area (Å²) in [5.41, 5.74) is 1.64. The van der Waals surface area contributed by atoms with E-state index < -0.39 is 9.84 Å². The van der Waals surface area contributed by atoms with Gasteiger partial charge in [0.15, 0.2) is 15.0 Å². The van der Waals surface area contributed by atoms with Gasteiger partial charge in [-0.05, 0) is 60.2 Å². The minimum Gasteiger partial charge on any atom is -0.284 e. The third-order valence-corrected chi connectivity index (χ3v) is 8.36. The number of halogens is 1. The summed E-state index contributed by atoms with van der Waals surface area (Å²) in [6, 6.07) is 20.8. The van der Waals surface area contributed by atoms with Gasteiger partial charge in [-0.25, -0.2) is 17.8 Å². The van der Waals surface area contributed by atoms with Gasteiger partial charge < -0.3 is 0 Å². The Morgan fingerprint density at radius 3 is 2.50 bits per heavy atom. The molecular formula is C25H23FN2O3S3. The van der Waals surface area contributed by atoms with Crippen molar-refractivity contribution in [1.82, 2.24) is 4.98 Å². The molecule has 0 saturated carbocycles. The Kier molecular flexibility index (Phi) is 7.65. The second-order valence-electron chi connectivity index (χ2n) is 7.77. The van der Waals surface area contributed by atoms with E-state index in [1.165, 1.54) is 35.8 Å². The van der Waals surface area contributed by atoms with Crippen molar-refractivity contribution >= 4 is 54.2 Å². The van der Waals surface area contributed by atoms with Crippen LogP contribution in [0.1, 0.15) is 18.4 Å².